The average Bonchev–Trinajstić information content (AvgIpc) is 3.61. The van der Waals surface area contributed by atoms with Crippen LogP contribution in [-0.4, -0.2) is 39.1 Å². The summed E-state index contributed by atoms with van der Waals surface area (Å²) in [4.78, 5) is 19.6. The number of rotatable bonds is 4. The van der Waals surface area contributed by atoms with Gasteiger partial charge in [0.05, 0.1) is 11.6 Å². The van der Waals surface area contributed by atoms with Gasteiger partial charge in [-0.05, 0) is 61.8 Å². The maximum Gasteiger partial charge on any atom is 0.253 e. The van der Waals surface area contributed by atoms with Crippen molar-refractivity contribution in [2.24, 2.45) is 11.8 Å². The zero-order chi connectivity index (χ0) is 17.7. The van der Waals surface area contributed by atoms with E-state index in [1.807, 2.05) is 4.90 Å². The summed E-state index contributed by atoms with van der Waals surface area (Å²) in [6.07, 6.45) is 4.89. The Labute approximate surface area is 152 Å². The normalized spacial score (nSPS) is 25.3. The van der Waals surface area contributed by atoms with E-state index in [0.29, 0.717) is 35.4 Å². The van der Waals surface area contributed by atoms with Gasteiger partial charge in [-0.2, -0.15) is 10.4 Å². The van der Waals surface area contributed by atoms with E-state index in [9.17, 15) is 4.79 Å². The third-order valence-electron chi connectivity index (χ3n) is 5.95. The Hall–Kier alpha value is -2.68. The van der Waals surface area contributed by atoms with Crippen molar-refractivity contribution in [1.82, 2.24) is 20.1 Å². The number of carbonyl (C=O) groups is 1. The molecule has 6 heteroatoms. The second kappa shape index (κ2) is 5.94. The lowest BCUT2D eigenvalue weighted by Gasteiger charge is -2.16. The van der Waals surface area contributed by atoms with Gasteiger partial charge in [-0.1, -0.05) is 0 Å². The van der Waals surface area contributed by atoms with Crippen molar-refractivity contribution in [3.8, 4) is 6.07 Å². The molecular weight excluding hydrogens is 326 g/mol. The molecule has 132 valence electrons. The van der Waals surface area contributed by atoms with Gasteiger partial charge in [0, 0.05) is 30.5 Å². The first-order chi connectivity index (χ1) is 12.7. The zero-order valence-electron chi connectivity index (χ0n) is 14.6. The van der Waals surface area contributed by atoms with E-state index in [1.54, 1.807) is 24.3 Å². The molecule has 1 aromatic heterocycles. The van der Waals surface area contributed by atoms with Crippen molar-refractivity contribution >= 4 is 5.91 Å². The minimum atomic E-state index is 0.0459. The smallest absolute Gasteiger partial charge is 0.253 e. The molecule has 2 saturated carbocycles. The van der Waals surface area contributed by atoms with E-state index in [2.05, 4.69) is 16.3 Å². The average molecular weight is 347 g/mol. The molecule has 6 nitrogen and oxygen atoms in total. The standard InChI is InChI=1S/C20H21N5O/c21-9-12-1-3-15(4-2-12)20(26)25-10-16(13-5-6-13)17(11-25)19-22-18(23-24-19)14-7-8-14/h1-4,13-14,16-17H,5-8,10-11H2,(H,22,23,24)/t16-,17+/m1/s1. The molecule has 2 aliphatic carbocycles. The van der Waals surface area contributed by atoms with Crippen molar-refractivity contribution in [2.75, 3.05) is 13.1 Å². The molecule has 1 amide bonds. The molecule has 5 rings (SSSR count). The van der Waals surface area contributed by atoms with Gasteiger partial charge in [0.1, 0.15) is 5.82 Å². The van der Waals surface area contributed by atoms with E-state index < -0.39 is 0 Å². The molecule has 1 aromatic carbocycles. The van der Waals surface area contributed by atoms with E-state index in [-0.39, 0.29) is 11.8 Å². The number of H-pyrrole nitrogens is 1. The highest BCUT2D eigenvalue weighted by Gasteiger charge is 2.46. The summed E-state index contributed by atoms with van der Waals surface area (Å²) in [7, 11) is 0. The molecule has 1 aliphatic heterocycles. The Kier molecular flexibility index (Phi) is 3.56. The van der Waals surface area contributed by atoms with Crippen LogP contribution in [0.15, 0.2) is 24.3 Å². The highest BCUT2D eigenvalue weighted by atomic mass is 16.2. The summed E-state index contributed by atoms with van der Waals surface area (Å²) in [5, 5.41) is 16.5. The summed E-state index contributed by atoms with van der Waals surface area (Å²) >= 11 is 0. The van der Waals surface area contributed by atoms with E-state index in [1.165, 1.54) is 25.7 Å². The van der Waals surface area contributed by atoms with Gasteiger partial charge in [-0.15, -0.1) is 0 Å². The van der Waals surface area contributed by atoms with Gasteiger partial charge in [0.25, 0.3) is 5.91 Å². The fourth-order valence-electron chi connectivity index (χ4n) is 4.13. The van der Waals surface area contributed by atoms with Gasteiger partial charge in [-0.25, -0.2) is 4.98 Å². The minimum absolute atomic E-state index is 0.0459. The Morgan fingerprint density at radius 2 is 1.92 bits per heavy atom. The monoisotopic (exact) mass is 347 g/mol. The van der Waals surface area contributed by atoms with Crippen LogP contribution in [0.25, 0.3) is 0 Å². The minimum Gasteiger partial charge on any atom is -0.338 e. The van der Waals surface area contributed by atoms with Crippen molar-refractivity contribution in [2.45, 2.75) is 37.5 Å². The quantitative estimate of drug-likeness (QED) is 0.921. The number of aromatic amines is 1. The van der Waals surface area contributed by atoms with Crippen molar-refractivity contribution in [1.29, 1.82) is 5.26 Å². The molecule has 2 atom stereocenters. The molecule has 3 fully saturated rings. The third kappa shape index (κ3) is 2.78. The first-order valence-electron chi connectivity index (χ1n) is 9.44. The van der Waals surface area contributed by atoms with Crippen LogP contribution in [0.4, 0.5) is 0 Å². The predicted octanol–water partition coefficient (Wildman–Crippen LogP) is 2.82. The van der Waals surface area contributed by atoms with E-state index in [4.69, 9.17) is 10.2 Å². The summed E-state index contributed by atoms with van der Waals surface area (Å²) in [5.41, 5.74) is 1.22. The number of aromatic nitrogens is 3. The number of hydrogen-bond acceptors (Lipinski definition) is 4. The Morgan fingerprint density at radius 3 is 2.58 bits per heavy atom. The lowest BCUT2D eigenvalue weighted by molar-refractivity contribution is 0.0784. The van der Waals surface area contributed by atoms with Crippen molar-refractivity contribution < 1.29 is 4.79 Å². The number of nitrogens with zero attached hydrogens (tertiary/aromatic N) is 4. The van der Waals surface area contributed by atoms with Crippen LogP contribution in [0.5, 0.6) is 0 Å². The Bertz CT molecular complexity index is 872. The molecule has 0 unspecified atom stereocenters. The summed E-state index contributed by atoms with van der Waals surface area (Å²) in [5.74, 6) is 3.92. The highest BCUT2D eigenvalue weighted by Crippen LogP contribution is 2.47. The molecule has 0 radical (unpaired) electrons. The van der Waals surface area contributed by atoms with Crippen LogP contribution in [0.2, 0.25) is 0 Å². The number of nitriles is 1. The van der Waals surface area contributed by atoms with Gasteiger partial charge in [0.15, 0.2) is 5.82 Å². The first kappa shape index (κ1) is 15.6. The molecule has 26 heavy (non-hydrogen) atoms. The van der Waals surface area contributed by atoms with Crippen LogP contribution in [0.1, 0.15) is 65.1 Å². The topological polar surface area (TPSA) is 85.7 Å². The highest BCUT2D eigenvalue weighted by molar-refractivity contribution is 5.94. The van der Waals surface area contributed by atoms with Crippen LogP contribution in [0.3, 0.4) is 0 Å². The fourth-order valence-corrected chi connectivity index (χ4v) is 4.13. The summed E-state index contributed by atoms with van der Waals surface area (Å²) in [6.45, 7) is 1.48. The number of benzene rings is 1. The second-order valence-corrected chi connectivity index (χ2v) is 7.86. The maximum atomic E-state index is 12.9. The van der Waals surface area contributed by atoms with Crippen LogP contribution in [-0.2, 0) is 0 Å². The molecule has 1 saturated heterocycles. The van der Waals surface area contributed by atoms with Crippen molar-refractivity contribution in [3.05, 3.63) is 47.0 Å². The molecule has 0 bridgehead atoms. The Balaban J connectivity index is 1.36. The van der Waals surface area contributed by atoms with Crippen LogP contribution in [0, 0.1) is 23.2 Å². The van der Waals surface area contributed by atoms with Crippen LogP contribution >= 0.6 is 0 Å². The van der Waals surface area contributed by atoms with Gasteiger partial charge in [-0.3, -0.25) is 9.89 Å². The summed E-state index contributed by atoms with van der Waals surface area (Å²) in [6, 6.07) is 9.01. The molecular formula is C20H21N5O. The number of carbonyl (C=O) groups excluding carboxylic acids is 1. The van der Waals surface area contributed by atoms with Gasteiger partial charge >= 0.3 is 0 Å². The largest absolute Gasteiger partial charge is 0.338 e. The van der Waals surface area contributed by atoms with E-state index >= 15 is 0 Å². The number of likely N-dealkylation sites (tertiary alicyclic amines) is 1. The third-order valence-corrected chi connectivity index (χ3v) is 5.95. The number of hydrogen-bond donors (Lipinski definition) is 1. The molecule has 1 N–H and O–H groups in total. The van der Waals surface area contributed by atoms with Gasteiger partial charge in [0.2, 0.25) is 0 Å². The molecule has 0 spiro atoms. The van der Waals surface area contributed by atoms with Crippen LogP contribution < -0.4 is 0 Å². The van der Waals surface area contributed by atoms with E-state index in [0.717, 1.165) is 18.2 Å². The lowest BCUT2D eigenvalue weighted by Crippen LogP contribution is -2.29. The first-order valence-corrected chi connectivity index (χ1v) is 9.44. The zero-order valence-corrected chi connectivity index (χ0v) is 14.6. The molecule has 2 heterocycles. The SMILES string of the molecule is N#Cc1ccc(C(=O)N2C[C@H](c3nc(C4CC4)n[nH]3)[C@@H](C3CC3)C2)cc1. The maximum absolute atomic E-state index is 12.9. The number of nitrogens with one attached hydrogen (secondary N) is 1. The molecule has 3 aliphatic rings. The van der Waals surface area contributed by atoms with Gasteiger partial charge < -0.3 is 4.90 Å². The number of amides is 1. The molecule has 2 aromatic rings. The fraction of sp³-hybridized carbons (Fsp3) is 0.500. The lowest BCUT2D eigenvalue weighted by atomic mass is 9.91. The Morgan fingerprint density at radius 1 is 1.15 bits per heavy atom. The second-order valence-electron chi connectivity index (χ2n) is 7.86. The van der Waals surface area contributed by atoms with Crippen molar-refractivity contribution in [3.63, 3.8) is 0 Å². The summed E-state index contributed by atoms with van der Waals surface area (Å²) < 4.78 is 0. The predicted molar refractivity (Wildman–Crippen MR) is 94.4 cm³/mol.